The molecule has 4 rings (SSSR count). The summed E-state index contributed by atoms with van der Waals surface area (Å²) in [5.74, 6) is 0. The van der Waals surface area contributed by atoms with Gasteiger partial charge in [0, 0.05) is 30.7 Å². The van der Waals surface area contributed by atoms with Crippen LogP contribution < -0.4 is 5.32 Å². The van der Waals surface area contributed by atoms with Crippen molar-refractivity contribution in [1.29, 1.82) is 0 Å². The van der Waals surface area contributed by atoms with Gasteiger partial charge in [-0.15, -0.1) is 0 Å². The minimum absolute atomic E-state index is 0.213. The van der Waals surface area contributed by atoms with Gasteiger partial charge >= 0.3 is 0 Å². The van der Waals surface area contributed by atoms with Crippen molar-refractivity contribution in [2.75, 3.05) is 13.1 Å². The van der Waals surface area contributed by atoms with Gasteiger partial charge in [-0.3, -0.25) is 4.90 Å². The van der Waals surface area contributed by atoms with Crippen LogP contribution in [0.25, 0.3) is 0 Å². The molecule has 0 amide bonds. The van der Waals surface area contributed by atoms with E-state index in [9.17, 15) is 0 Å². The lowest BCUT2D eigenvalue weighted by atomic mass is 9.94. The molecule has 0 radical (unpaired) electrons. The molecule has 144 valence electrons. The monoisotopic (exact) mass is 390 g/mol. The van der Waals surface area contributed by atoms with Gasteiger partial charge in [-0.2, -0.15) is 0 Å². The second-order valence-electron chi connectivity index (χ2n) is 7.51. The Morgan fingerprint density at radius 2 is 1.43 bits per heavy atom. The van der Waals surface area contributed by atoms with Gasteiger partial charge in [0.1, 0.15) is 0 Å². The van der Waals surface area contributed by atoms with E-state index in [2.05, 4.69) is 83.0 Å². The zero-order valence-electron chi connectivity index (χ0n) is 16.1. The minimum Gasteiger partial charge on any atom is -0.310 e. The second kappa shape index (κ2) is 9.38. The van der Waals surface area contributed by atoms with Gasteiger partial charge in [0.05, 0.1) is 6.04 Å². The molecule has 0 aromatic heterocycles. The molecule has 0 aliphatic carbocycles. The van der Waals surface area contributed by atoms with E-state index < -0.39 is 0 Å². The highest BCUT2D eigenvalue weighted by molar-refractivity contribution is 6.31. The molecule has 28 heavy (non-hydrogen) atoms. The molecule has 1 aliphatic rings. The first-order chi connectivity index (χ1) is 13.8. The molecule has 1 atom stereocenters. The van der Waals surface area contributed by atoms with Crippen molar-refractivity contribution in [2.24, 2.45) is 0 Å². The Bertz CT molecular complexity index is 858. The van der Waals surface area contributed by atoms with E-state index in [1.807, 2.05) is 12.1 Å². The van der Waals surface area contributed by atoms with Crippen LogP contribution in [-0.2, 0) is 6.54 Å². The van der Waals surface area contributed by atoms with E-state index in [-0.39, 0.29) is 6.04 Å². The van der Waals surface area contributed by atoms with Crippen LogP contribution >= 0.6 is 11.6 Å². The highest BCUT2D eigenvalue weighted by atomic mass is 35.5. The van der Waals surface area contributed by atoms with E-state index in [1.165, 1.54) is 16.7 Å². The Balaban J connectivity index is 1.45. The number of hydrogen-bond acceptors (Lipinski definition) is 2. The summed E-state index contributed by atoms with van der Waals surface area (Å²) < 4.78 is 0. The summed E-state index contributed by atoms with van der Waals surface area (Å²) in [6.07, 6.45) is 2.31. The largest absolute Gasteiger partial charge is 0.310 e. The number of nitrogens with one attached hydrogen (secondary N) is 1. The van der Waals surface area contributed by atoms with Crippen molar-refractivity contribution in [1.82, 2.24) is 10.2 Å². The molecular weight excluding hydrogens is 364 g/mol. The van der Waals surface area contributed by atoms with Crippen LogP contribution in [0.1, 0.15) is 35.6 Å². The fourth-order valence-electron chi connectivity index (χ4n) is 4.14. The molecule has 2 nitrogen and oxygen atoms in total. The van der Waals surface area contributed by atoms with Gasteiger partial charge in [-0.05, 0) is 35.6 Å². The van der Waals surface area contributed by atoms with Gasteiger partial charge < -0.3 is 5.32 Å². The zero-order chi connectivity index (χ0) is 19.2. The molecule has 1 N–H and O–H groups in total. The first-order valence-electron chi connectivity index (χ1n) is 10.1. The van der Waals surface area contributed by atoms with Crippen LogP contribution in [0.3, 0.4) is 0 Å². The van der Waals surface area contributed by atoms with Crippen molar-refractivity contribution < 1.29 is 0 Å². The van der Waals surface area contributed by atoms with Crippen molar-refractivity contribution >= 4 is 11.6 Å². The average molecular weight is 391 g/mol. The Morgan fingerprint density at radius 1 is 0.821 bits per heavy atom. The lowest BCUT2D eigenvalue weighted by Crippen LogP contribution is -2.44. The molecule has 0 spiro atoms. The normalized spacial score (nSPS) is 16.8. The Hall–Kier alpha value is -2.13. The summed E-state index contributed by atoms with van der Waals surface area (Å²) in [7, 11) is 0. The predicted octanol–water partition coefficient (Wildman–Crippen LogP) is 5.68. The number of halogens is 1. The van der Waals surface area contributed by atoms with Crippen LogP contribution in [0.4, 0.5) is 0 Å². The molecule has 1 fully saturated rings. The average Bonchev–Trinajstić information content (AvgIpc) is 2.76. The van der Waals surface area contributed by atoms with Gasteiger partial charge in [0.15, 0.2) is 0 Å². The van der Waals surface area contributed by atoms with E-state index in [4.69, 9.17) is 11.6 Å². The summed E-state index contributed by atoms with van der Waals surface area (Å²) >= 11 is 6.60. The molecule has 1 unspecified atom stereocenters. The summed E-state index contributed by atoms with van der Waals surface area (Å²) in [4.78, 5) is 2.58. The van der Waals surface area contributed by atoms with Crippen molar-refractivity contribution in [3.63, 3.8) is 0 Å². The quantitative estimate of drug-likeness (QED) is 0.582. The third-order valence-corrected chi connectivity index (χ3v) is 5.99. The maximum atomic E-state index is 6.60. The molecule has 3 aromatic carbocycles. The molecule has 3 heteroatoms. The highest BCUT2D eigenvalue weighted by Crippen LogP contribution is 2.34. The predicted molar refractivity (Wildman–Crippen MR) is 118 cm³/mol. The molecule has 1 aliphatic heterocycles. The zero-order valence-corrected chi connectivity index (χ0v) is 16.9. The maximum Gasteiger partial charge on any atom is 0.0616 e. The van der Waals surface area contributed by atoms with Gasteiger partial charge in [0.25, 0.3) is 0 Å². The Kier molecular flexibility index (Phi) is 6.43. The highest BCUT2D eigenvalue weighted by Gasteiger charge is 2.28. The molecule has 1 heterocycles. The third kappa shape index (κ3) is 4.64. The van der Waals surface area contributed by atoms with Gasteiger partial charge in [-0.25, -0.2) is 0 Å². The number of hydrogen-bond donors (Lipinski definition) is 1. The van der Waals surface area contributed by atoms with Crippen molar-refractivity contribution in [3.8, 4) is 0 Å². The van der Waals surface area contributed by atoms with Gasteiger partial charge in [-0.1, -0.05) is 90.5 Å². The topological polar surface area (TPSA) is 15.3 Å². The van der Waals surface area contributed by atoms with E-state index in [0.29, 0.717) is 6.04 Å². The van der Waals surface area contributed by atoms with Crippen LogP contribution in [0.15, 0.2) is 84.9 Å². The van der Waals surface area contributed by atoms with Gasteiger partial charge in [0.2, 0.25) is 0 Å². The number of piperidine rings is 1. The standard InChI is InChI=1S/C25H27ClN2/c26-24-14-8-7-13-23(24)25(21-11-5-2-6-12-21)28-17-15-22(16-18-28)27-19-20-9-3-1-4-10-20/h1-14,22,25,27H,15-19H2. The molecule has 0 saturated carbocycles. The van der Waals surface area contributed by atoms with E-state index in [1.54, 1.807) is 0 Å². The van der Waals surface area contributed by atoms with E-state index >= 15 is 0 Å². The second-order valence-corrected chi connectivity index (χ2v) is 7.92. The van der Waals surface area contributed by atoms with Crippen LogP contribution in [0, 0.1) is 0 Å². The van der Waals surface area contributed by atoms with Crippen LogP contribution in [0.5, 0.6) is 0 Å². The van der Waals surface area contributed by atoms with Crippen molar-refractivity contribution in [3.05, 3.63) is 107 Å². The first kappa shape index (κ1) is 19.2. The number of benzene rings is 3. The number of rotatable bonds is 6. The molecule has 0 bridgehead atoms. The molecule has 3 aromatic rings. The number of nitrogens with zero attached hydrogens (tertiary/aromatic N) is 1. The number of likely N-dealkylation sites (tertiary alicyclic amines) is 1. The first-order valence-corrected chi connectivity index (χ1v) is 10.5. The lowest BCUT2D eigenvalue weighted by molar-refractivity contribution is 0.162. The van der Waals surface area contributed by atoms with Crippen LogP contribution in [-0.4, -0.2) is 24.0 Å². The summed E-state index contributed by atoms with van der Waals surface area (Å²) in [5, 5.41) is 4.58. The Labute approximate surface area is 173 Å². The van der Waals surface area contributed by atoms with E-state index in [0.717, 1.165) is 37.5 Å². The third-order valence-electron chi connectivity index (χ3n) is 5.65. The lowest BCUT2D eigenvalue weighted by Gasteiger charge is -2.38. The Morgan fingerprint density at radius 3 is 2.11 bits per heavy atom. The van der Waals surface area contributed by atoms with Crippen LogP contribution in [0.2, 0.25) is 5.02 Å². The summed E-state index contributed by atoms with van der Waals surface area (Å²) in [5.41, 5.74) is 3.86. The molecular formula is C25H27ClN2. The summed E-state index contributed by atoms with van der Waals surface area (Å²) in [6, 6.07) is 30.4. The fourth-order valence-corrected chi connectivity index (χ4v) is 4.38. The molecule has 1 saturated heterocycles. The maximum absolute atomic E-state index is 6.60. The minimum atomic E-state index is 0.213. The smallest absolute Gasteiger partial charge is 0.0616 e. The summed E-state index contributed by atoms with van der Waals surface area (Å²) in [6.45, 7) is 3.08. The van der Waals surface area contributed by atoms with Crippen molar-refractivity contribution in [2.45, 2.75) is 31.5 Å². The fraction of sp³-hybridized carbons (Fsp3) is 0.280. The SMILES string of the molecule is Clc1ccccc1C(c1ccccc1)N1CCC(NCc2ccccc2)CC1.